The summed E-state index contributed by atoms with van der Waals surface area (Å²) < 4.78 is 12.4. The normalized spacial score (nSPS) is 11.0. The van der Waals surface area contributed by atoms with Crippen molar-refractivity contribution < 1.29 is 14.3 Å². The molecule has 0 fully saturated rings. The molecule has 6 nitrogen and oxygen atoms in total. The van der Waals surface area contributed by atoms with Gasteiger partial charge in [0.15, 0.2) is 0 Å². The van der Waals surface area contributed by atoms with Gasteiger partial charge in [0.2, 0.25) is 5.91 Å². The highest BCUT2D eigenvalue weighted by atomic mass is 32.1. The number of methoxy groups -OCH3 is 1. The summed E-state index contributed by atoms with van der Waals surface area (Å²) >= 11 is 1.58. The van der Waals surface area contributed by atoms with Crippen LogP contribution in [0.15, 0.2) is 72.4 Å². The number of carbonyl (C=O) groups is 1. The third kappa shape index (κ3) is 4.02. The van der Waals surface area contributed by atoms with Crippen LogP contribution >= 0.6 is 11.3 Å². The second-order valence-corrected chi connectivity index (χ2v) is 8.24. The number of rotatable bonds is 7. The molecule has 0 aliphatic rings. The van der Waals surface area contributed by atoms with Crippen LogP contribution in [0, 0.1) is 0 Å². The number of nitrogens with one attached hydrogen (secondary N) is 2. The van der Waals surface area contributed by atoms with Gasteiger partial charge in [-0.05, 0) is 42.0 Å². The van der Waals surface area contributed by atoms with Gasteiger partial charge in [-0.25, -0.2) is 4.98 Å². The van der Waals surface area contributed by atoms with E-state index in [4.69, 9.17) is 9.47 Å². The molecule has 2 heterocycles. The number of aromatic nitrogens is 2. The Morgan fingerprint density at radius 2 is 2.00 bits per heavy atom. The fraction of sp³-hybridized carbons (Fsp3) is 0.120. The molecule has 32 heavy (non-hydrogen) atoms. The SMILES string of the molecule is COc1ccc2[nH]cc(CC(=O)Nc3ccccc3COc3cccc4scnc34)c2c1. The van der Waals surface area contributed by atoms with E-state index in [0.717, 1.165) is 49.4 Å². The van der Waals surface area contributed by atoms with Gasteiger partial charge < -0.3 is 19.8 Å². The molecule has 7 heteroatoms. The molecule has 1 amide bonds. The zero-order valence-corrected chi connectivity index (χ0v) is 18.2. The molecule has 0 aliphatic carbocycles. The highest BCUT2D eigenvalue weighted by molar-refractivity contribution is 7.16. The number of fused-ring (bicyclic) bond motifs is 2. The summed E-state index contributed by atoms with van der Waals surface area (Å²) in [5, 5.41) is 4.01. The molecule has 0 spiro atoms. The summed E-state index contributed by atoms with van der Waals surface area (Å²) in [7, 11) is 1.63. The summed E-state index contributed by atoms with van der Waals surface area (Å²) in [6.45, 7) is 0.331. The molecule has 3 aromatic carbocycles. The van der Waals surface area contributed by atoms with Gasteiger partial charge in [0.25, 0.3) is 0 Å². The molecule has 5 rings (SSSR count). The molecule has 0 saturated heterocycles. The maximum Gasteiger partial charge on any atom is 0.228 e. The summed E-state index contributed by atoms with van der Waals surface area (Å²) in [6.07, 6.45) is 2.12. The van der Waals surface area contributed by atoms with Gasteiger partial charge in [0.1, 0.15) is 23.6 Å². The molecule has 0 radical (unpaired) electrons. The molecule has 2 N–H and O–H groups in total. The first-order valence-electron chi connectivity index (χ1n) is 10.2. The lowest BCUT2D eigenvalue weighted by atomic mass is 10.1. The monoisotopic (exact) mass is 443 g/mol. The van der Waals surface area contributed by atoms with Crippen LogP contribution in [0.5, 0.6) is 11.5 Å². The minimum atomic E-state index is -0.0947. The number of ether oxygens (including phenoxy) is 2. The minimum Gasteiger partial charge on any atom is -0.497 e. The number of H-pyrrole nitrogens is 1. The molecular formula is C25H21N3O3S. The fourth-order valence-electron chi connectivity index (χ4n) is 3.70. The number of benzene rings is 3. The smallest absolute Gasteiger partial charge is 0.228 e. The van der Waals surface area contributed by atoms with E-state index in [9.17, 15) is 4.79 Å². The number of para-hydroxylation sites is 2. The Hall–Kier alpha value is -3.84. The van der Waals surface area contributed by atoms with Gasteiger partial charge >= 0.3 is 0 Å². The Balaban J connectivity index is 1.31. The Morgan fingerprint density at radius 1 is 1.09 bits per heavy atom. The number of thiazole rings is 1. The van der Waals surface area contributed by atoms with Gasteiger partial charge in [-0.15, -0.1) is 11.3 Å². The van der Waals surface area contributed by atoms with Crippen molar-refractivity contribution in [3.8, 4) is 11.5 Å². The highest BCUT2D eigenvalue weighted by Crippen LogP contribution is 2.29. The predicted molar refractivity (Wildman–Crippen MR) is 128 cm³/mol. The second kappa shape index (κ2) is 8.72. The molecular weight excluding hydrogens is 422 g/mol. The molecule has 0 unspecified atom stereocenters. The first-order chi connectivity index (χ1) is 15.7. The first kappa shape index (κ1) is 20.1. The third-order valence-corrected chi connectivity index (χ3v) is 6.12. The number of nitrogens with zero attached hydrogens (tertiary/aromatic N) is 1. The van der Waals surface area contributed by atoms with Crippen molar-refractivity contribution in [3.63, 3.8) is 0 Å². The van der Waals surface area contributed by atoms with Gasteiger partial charge in [0.05, 0.1) is 23.7 Å². The number of aromatic amines is 1. The maximum atomic E-state index is 12.8. The largest absolute Gasteiger partial charge is 0.497 e. The van der Waals surface area contributed by atoms with Crippen LogP contribution in [0.2, 0.25) is 0 Å². The maximum absolute atomic E-state index is 12.8. The van der Waals surface area contributed by atoms with Crippen LogP contribution in [0.1, 0.15) is 11.1 Å². The van der Waals surface area contributed by atoms with Crippen molar-refractivity contribution in [2.45, 2.75) is 13.0 Å². The summed E-state index contributed by atoms with van der Waals surface area (Å²) in [6, 6.07) is 19.3. The first-order valence-corrected chi connectivity index (χ1v) is 11.1. The van der Waals surface area contributed by atoms with Crippen LogP contribution < -0.4 is 14.8 Å². The van der Waals surface area contributed by atoms with Crippen molar-refractivity contribution >= 4 is 44.1 Å². The number of hydrogen-bond acceptors (Lipinski definition) is 5. The van der Waals surface area contributed by atoms with Gasteiger partial charge in [-0.2, -0.15) is 0 Å². The summed E-state index contributed by atoms with van der Waals surface area (Å²) in [5.41, 5.74) is 6.19. The zero-order chi connectivity index (χ0) is 21.9. The van der Waals surface area contributed by atoms with Crippen LogP contribution in [-0.2, 0) is 17.8 Å². The fourth-order valence-corrected chi connectivity index (χ4v) is 4.39. The van der Waals surface area contributed by atoms with Crippen molar-refractivity contribution in [1.29, 1.82) is 0 Å². The van der Waals surface area contributed by atoms with Crippen molar-refractivity contribution in [2.24, 2.45) is 0 Å². The molecule has 0 aliphatic heterocycles. The van der Waals surface area contributed by atoms with E-state index < -0.39 is 0 Å². The van der Waals surface area contributed by atoms with Crippen LogP contribution in [0.3, 0.4) is 0 Å². The quantitative estimate of drug-likeness (QED) is 0.346. The Labute approximate surface area is 188 Å². The Bertz CT molecular complexity index is 1410. The van der Waals surface area contributed by atoms with Crippen LogP contribution in [-0.4, -0.2) is 23.0 Å². The zero-order valence-electron chi connectivity index (χ0n) is 17.4. The predicted octanol–water partition coefficient (Wildman–Crippen LogP) is 5.55. The van der Waals surface area contributed by atoms with E-state index in [1.54, 1.807) is 18.4 Å². The average Bonchev–Trinajstić information content (AvgIpc) is 3.45. The molecule has 2 aromatic heterocycles. The van der Waals surface area contributed by atoms with Gasteiger partial charge in [-0.1, -0.05) is 24.3 Å². The van der Waals surface area contributed by atoms with Crippen LogP contribution in [0.4, 0.5) is 5.69 Å². The summed E-state index contributed by atoms with van der Waals surface area (Å²) in [5.74, 6) is 1.40. The Kier molecular flexibility index (Phi) is 5.47. The number of carbonyl (C=O) groups excluding carboxylic acids is 1. The third-order valence-electron chi connectivity index (χ3n) is 5.32. The molecule has 0 atom stereocenters. The standard InChI is InChI=1S/C25H21N3O3S/c1-30-18-9-10-21-19(12-18)17(13-26-21)11-24(29)28-20-6-3-2-5-16(20)14-31-22-7-4-8-23-25(22)27-15-32-23/h2-10,12-13,15,26H,11,14H2,1H3,(H,28,29). The number of amides is 1. The van der Waals surface area contributed by atoms with E-state index in [1.807, 2.05) is 72.4 Å². The second-order valence-electron chi connectivity index (χ2n) is 7.35. The lowest BCUT2D eigenvalue weighted by Gasteiger charge is -2.12. The minimum absolute atomic E-state index is 0.0947. The van der Waals surface area contributed by atoms with E-state index in [1.165, 1.54) is 0 Å². The van der Waals surface area contributed by atoms with Crippen molar-refractivity contribution in [2.75, 3.05) is 12.4 Å². The van der Waals surface area contributed by atoms with Crippen molar-refractivity contribution in [3.05, 3.63) is 83.5 Å². The lowest BCUT2D eigenvalue weighted by Crippen LogP contribution is -2.16. The van der Waals surface area contributed by atoms with E-state index in [-0.39, 0.29) is 12.3 Å². The number of anilines is 1. The average molecular weight is 444 g/mol. The molecule has 0 saturated carbocycles. The van der Waals surface area contributed by atoms with E-state index in [0.29, 0.717) is 6.61 Å². The van der Waals surface area contributed by atoms with Crippen molar-refractivity contribution in [1.82, 2.24) is 9.97 Å². The molecule has 5 aromatic rings. The lowest BCUT2D eigenvalue weighted by molar-refractivity contribution is -0.115. The molecule has 0 bridgehead atoms. The topological polar surface area (TPSA) is 76.2 Å². The summed E-state index contributed by atoms with van der Waals surface area (Å²) in [4.78, 5) is 20.4. The Morgan fingerprint density at radius 3 is 2.91 bits per heavy atom. The van der Waals surface area contributed by atoms with E-state index in [2.05, 4.69) is 15.3 Å². The van der Waals surface area contributed by atoms with Gasteiger partial charge in [0, 0.05) is 28.4 Å². The molecule has 160 valence electrons. The van der Waals surface area contributed by atoms with Crippen LogP contribution in [0.25, 0.3) is 21.1 Å². The highest BCUT2D eigenvalue weighted by Gasteiger charge is 2.13. The van der Waals surface area contributed by atoms with E-state index >= 15 is 0 Å². The van der Waals surface area contributed by atoms with Gasteiger partial charge in [-0.3, -0.25) is 4.79 Å². The number of hydrogen-bond donors (Lipinski definition) is 2.